The van der Waals surface area contributed by atoms with E-state index in [0.717, 1.165) is 21.3 Å². The van der Waals surface area contributed by atoms with E-state index in [1.54, 1.807) is 12.1 Å². The van der Waals surface area contributed by atoms with E-state index in [-0.39, 0.29) is 25.1 Å². The summed E-state index contributed by atoms with van der Waals surface area (Å²) in [6.07, 6.45) is -3.90. The molecule has 4 aromatic rings. The predicted octanol–water partition coefficient (Wildman–Crippen LogP) is 4.96. The van der Waals surface area contributed by atoms with Crippen LogP contribution in [0.3, 0.4) is 0 Å². The summed E-state index contributed by atoms with van der Waals surface area (Å²) in [6, 6.07) is 14.7. The van der Waals surface area contributed by atoms with Crippen molar-refractivity contribution in [2.24, 2.45) is 0 Å². The SMILES string of the molecule is CCCCc1c(C(F)(F)F)n(C(=O)CC)c(=O)n1Cc1ccc(-c2ccccc2-c2nnn[nH]2)cc1. The molecule has 0 aliphatic heterocycles. The van der Waals surface area contributed by atoms with Crippen molar-refractivity contribution in [1.82, 2.24) is 29.8 Å². The second-order valence-corrected chi connectivity index (χ2v) is 8.34. The van der Waals surface area contributed by atoms with Crippen LogP contribution < -0.4 is 5.69 Å². The van der Waals surface area contributed by atoms with Crippen molar-refractivity contribution in [2.75, 3.05) is 0 Å². The molecule has 4 rings (SSSR count). The molecule has 2 aromatic carbocycles. The number of imidazole rings is 1. The monoisotopic (exact) mass is 498 g/mol. The first-order chi connectivity index (χ1) is 17.3. The molecule has 0 spiro atoms. The maximum atomic E-state index is 14.0. The average Bonchev–Trinajstić information content (AvgIpc) is 3.50. The fraction of sp³-hybridized carbons (Fsp3) is 0.320. The second kappa shape index (κ2) is 10.3. The van der Waals surface area contributed by atoms with Crippen LogP contribution in [0.2, 0.25) is 0 Å². The van der Waals surface area contributed by atoms with E-state index < -0.39 is 23.5 Å². The first-order valence-electron chi connectivity index (χ1n) is 11.6. The molecule has 0 aliphatic rings. The lowest BCUT2D eigenvalue weighted by Gasteiger charge is -2.13. The number of tetrazole rings is 1. The first-order valence-corrected chi connectivity index (χ1v) is 11.6. The minimum Gasteiger partial charge on any atom is -0.291 e. The number of H-pyrrole nitrogens is 1. The number of halogens is 3. The molecular weight excluding hydrogens is 473 g/mol. The second-order valence-electron chi connectivity index (χ2n) is 8.34. The Morgan fingerprint density at radius 2 is 1.72 bits per heavy atom. The van der Waals surface area contributed by atoms with Crippen LogP contribution in [0.4, 0.5) is 13.2 Å². The normalized spacial score (nSPS) is 11.7. The number of hydrogen-bond donors (Lipinski definition) is 1. The molecule has 0 unspecified atom stereocenters. The van der Waals surface area contributed by atoms with Gasteiger partial charge in [-0.15, -0.1) is 5.10 Å². The van der Waals surface area contributed by atoms with E-state index in [2.05, 4.69) is 20.6 Å². The lowest BCUT2D eigenvalue weighted by molar-refractivity contribution is -0.143. The van der Waals surface area contributed by atoms with E-state index >= 15 is 0 Å². The number of unbranched alkanes of at least 4 members (excludes halogenated alkanes) is 1. The molecule has 36 heavy (non-hydrogen) atoms. The van der Waals surface area contributed by atoms with Crippen molar-refractivity contribution in [3.8, 4) is 22.5 Å². The van der Waals surface area contributed by atoms with E-state index in [0.29, 0.717) is 28.8 Å². The quantitative estimate of drug-likeness (QED) is 0.370. The fourth-order valence-electron chi connectivity index (χ4n) is 4.22. The highest BCUT2D eigenvalue weighted by atomic mass is 19.4. The Morgan fingerprint density at radius 3 is 2.31 bits per heavy atom. The van der Waals surface area contributed by atoms with Crippen LogP contribution in [-0.2, 0) is 19.1 Å². The molecule has 1 N–H and O–H groups in total. The van der Waals surface area contributed by atoms with Crippen LogP contribution in [0.5, 0.6) is 0 Å². The van der Waals surface area contributed by atoms with Gasteiger partial charge in [0.15, 0.2) is 11.5 Å². The number of alkyl halides is 3. The molecule has 0 atom stereocenters. The summed E-state index contributed by atoms with van der Waals surface area (Å²) in [5.74, 6) is -0.374. The predicted molar refractivity (Wildman–Crippen MR) is 127 cm³/mol. The Labute approximate surface area is 204 Å². The Balaban J connectivity index is 1.74. The average molecular weight is 499 g/mol. The lowest BCUT2D eigenvalue weighted by Crippen LogP contribution is -2.31. The summed E-state index contributed by atoms with van der Waals surface area (Å²) in [4.78, 5) is 25.4. The third-order valence-corrected chi connectivity index (χ3v) is 5.97. The molecule has 8 nitrogen and oxygen atoms in total. The van der Waals surface area contributed by atoms with Crippen molar-refractivity contribution >= 4 is 5.91 Å². The van der Waals surface area contributed by atoms with Crippen molar-refractivity contribution in [2.45, 2.75) is 52.3 Å². The van der Waals surface area contributed by atoms with Gasteiger partial charge in [-0.3, -0.25) is 9.36 Å². The van der Waals surface area contributed by atoms with Crippen LogP contribution in [-0.4, -0.2) is 35.7 Å². The molecule has 2 aromatic heterocycles. The number of aromatic nitrogens is 6. The highest BCUT2D eigenvalue weighted by molar-refractivity contribution is 5.80. The summed E-state index contributed by atoms with van der Waals surface area (Å²) < 4.78 is 43.4. The van der Waals surface area contributed by atoms with Gasteiger partial charge in [-0.2, -0.15) is 13.2 Å². The van der Waals surface area contributed by atoms with E-state index in [1.807, 2.05) is 43.3 Å². The summed E-state index contributed by atoms with van der Waals surface area (Å²) >= 11 is 0. The van der Waals surface area contributed by atoms with E-state index in [4.69, 9.17) is 0 Å². The molecule has 0 bridgehead atoms. The summed E-state index contributed by atoms with van der Waals surface area (Å²) in [7, 11) is 0. The van der Waals surface area contributed by atoms with Gasteiger partial charge in [-0.1, -0.05) is 68.8 Å². The smallest absolute Gasteiger partial charge is 0.291 e. The van der Waals surface area contributed by atoms with E-state index in [9.17, 15) is 22.8 Å². The van der Waals surface area contributed by atoms with Gasteiger partial charge in [0.25, 0.3) is 0 Å². The summed E-state index contributed by atoms with van der Waals surface area (Å²) in [6.45, 7) is 3.21. The van der Waals surface area contributed by atoms with Crippen molar-refractivity contribution in [3.05, 3.63) is 76.0 Å². The fourth-order valence-corrected chi connectivity index (χ4v) is 4.22. The number of nitrogens with zero attached hydrogens (tertiary/aromatic N) is 5. The first kappa shape index (κ1) is 25.1. The highest BCUT2D eigenvalue weighted by Gasteiger charge is 2.41. The minimum atomic E-state index is -4.83. The molecule has 0 saturated heterocycles. The number of nitrogens with one attached hydrogen (secondary N) is 1. The van der Waals surface area contributed by atoms with Crippen molar-refractivity contribution in [3.63, 3.8) is 0 Å². The molecule has 0 fully saturated rings. The number of aromatic amines is 1. The number of hydrogen-bond acceptors (Lipinski definition) is 5. The summed E-state index contributed by atoms with van der Waals surface area (Å²) in [5, 5.41) is 13.9. The number of carbonyl (C=O) groups excluding carboxylic acids is 1. The molecular formula is C25H25F3N6O2. The third kappa shape index (κ3) is 4.86. The third-order valence-electron chi connectivity index (χ3n) is 5.97. The number of rotatable bonds is 8. The molecule has 0 radical (unpaired) electrons. The van der Waals surface area contributed by atoms with Gasteiger partial charge in [0.05, 0.1) is 12.2 Å². The Kier molecular flexibility index (Phi) is 7.18. The Bertz CT molecular complexity index is 1400. The standard InChI is InChI=1S/C25H25F3N6O2/c1-3-5-10-20-22(25(26,27)28)34(21(35)4-2)24(36)33(20)15-16-11-13-17(14-12-16)18-8-6-7-9-19(18)23-29-31-32-30-23/h6-9,11-14H,3-5,10,15H2,1-2H3,(H,29,30,31,32). The Hall–Kier alpha value is -4.02. The molecule has 11 heteroatoms. The molecule has 0 amide bonds. The molecule has 2 heterocycles. The number of carbonyl (C=O) groups is 1. The van der Waals surface area contributed by atoms with Crippen LogP contribution in [0.15, 0.2) is 53.3 Å². The zero-order valence-electron chi connectivity index (χ0n) is 19.8. The van der Waals surface area contributed by atoms with Crippen LogP contribution in [0.1, 0.15) is 54.9 Å². The molecule has 0 aliphatic carbocycles. The minimum absolute atomic E-state index is 0.0429. The van der Waals surface area contributed by atoms with Crippen molar-refractivity contribution in [1.29, 1.82) is 0 Å². The zero-order chi connectivity index (χ0) is 25.9. The maximum Gasteiger partial charge on any atom is 0.433 e. The topological polar surface area (TPSA) is 98.5 Å². The van der Waals surface area contributed by atoms with Crippen LogP contribution >= 0.6 is 0 Å². The van der Waals surface area contributed by atoms with Crippen LogP contribution in [0.25, 0.3) is 22.5 Å². The van der Waals surface area contributed by atoms with Gasteiger partial charge >= 0.3 is 11.9 Å². The largest absolute Gasteiger partial charge is 0.433 e. The lowest BCUT2D eigenvalue weighted by atomic mass is 9.98. The van der Waals surface area contributed by atoms with Gasteiger partial charge < -0.3 is 0 Å². The maximum absolute atomic E-state index is 14.0. The summed E-state index contributed by atoms with van der Waals surface area (Å²) in [5.41, 5.74) is 0.835. The van der Waals surface area contributed by atoms with E-state index in [1.165, 1.54) is 6.92 Å². The Morgan fingerprint density at radius 1 is 1.03 bits per heavy atom. The molecule has 188 valence electrons. The van der Waals surface area contributed by atoms with Gasteiger partial charge in [-0.25, -0.2) is 14.5 Å². The van der Waals surface area contributed by atoms with Gasteiger partial charge in [-0.05, 0) is 40.0 Å². The zero-order valence-corrected chi connectivity index (χ0v) is 19.8. The highest BCUT2D eigenvalue weighted by Crippen LogP contribution is 2.33. The van der Waals surface area contributed by atoms with Gasteiger partial charge in [0, 0.05) is 12.0 Å². The van der Waals surface area contributed by atoms with Gasteiger partial charge in [0.2, 0.25) is 5.91 Å². The molecule has 0 saturated carbocycles. The van der Waals surface area contributed by atoms with Crippen LogP contribution in [0, 0.1) is 0 Å². The van der Waals surface area contributed by atoms with Gasteiger partial charge in [0.1, 0.15) is 0 Å². The number of benzene rings is 2. The van der Waals surface area contributed by atoms with Crippen molar-refractivity contribution < 1.29 is 18.0 Å².